The molecule has 0 spiro atoms. The van der Waals surface area contributed by atoms with Gasteiger partial charge in [0.05, 0.1) is 0 Å². The lowest BCUT2D eigenvalue weighted by Crippen LogP contribution is -2.38. The Bertz CT molecular complexity index is 193. The minimum atomic E-state index is 0.665. The van der Waals surface area contributed by atoms with E-state index in [-0.39, 0.29) is 0 Å². The van der Waals surface area contributed by atoms with Crippen LogP contribution >= 0.6 is 0 Å². The maximum absolute atomic E-state index is 3.57. The molecule has 0 bridgehead atoms. The van der Waals surface area contributed by atoms with Crippen molar-refractivity contribution in [2.45, 2.75) is 71.4 Å². The molecule has 3 atom stereocenters. The Morgan fingerprint density at radius 1 is 1.35 bits per heavy atom. The van der Waals surface area contributed by atoms with E-state index in [9.17, 15) is 0 Å². The first-order valence-corrected chi connectivity index (χ1v) is 7.57. The van der Waals surface area contributed by atoms with Crippen LogP contribution in [0.5, 0.6) is 0 Å². The summed E-state index contributed by atoms with van der Waals surface area (Å²) in [5.74, 6) is 0.937. The second-order valence-corrected chi connectivity index (χ2v) is 6.05. The first kappa shape index (κ1) is 15.0. The highest BCUT2D eigenvalue weighted by molar-refractivity contribution is 4.77. The second-order valence-electron chi connectivity index (χ2n) is 6.05. The van der Waals surface area contributed by atoms with Gasteiger partial charge in [-0.25, -0.2) is 0 Å². The summed E-state index contributed by atoms with van der Waals surface area (Å²) in [4.78, 5) is 2.60. The average Bonchev–Trinajstić information content (AvgIpc) is 2.33. The molecule has 1 N–H and O–H groups in total. The van der Waals surface area contributed by atoms with E-state index in [4.69, 9.17) is 0 Å². The zero-order chi connectivity index (χ0) is 12.7. The lowest BCUT2D eigenvalue weighted by molar-refractivity contribution is 0.159. The van der Waals surface area contributed by atoms with Gasteiger partial charge in [-0.15, -0.1) is 0 Å². The minimum absolute atomic E-state index is 0.665. The molecule has 0 aliphatic heterocycles. The highest BCUT2D eigenvalue weighted by Crippen LogP contribution is 2.26. The molecule has 1 aliphatic carbocycles. The lowest BCUT2D eigenvalue weighted by atomic mass is 9.86. The van der Waals surface area contributed by atoms with Crippen LogP contribution < -0.4 is 5.32 Å². The maximum atomic E-state index is 3.57. The summed E-state index contributed by atoms with van der Waals surface area (Å²) >= 11 is 0. The molecule has 102 valence electrons. The van der Waals surface area contributed by atoms with Gasteiger partial charge < -0.3 is 10.2 Å². The molecule has 0 aromatic rings. The third kappa shape index (κ3) is 5.87. The van der Waals surface area contributed by atoms with Crippen LogP contribution in [-0.4, -0.2) is 37.1 Å². The van der Waals surface area contributed by atoms with E-state index in [2.05, 4.69) is 38.0 Å². The molecule has 0 heterocycles. The SMILES string of the molecule is CCCNC(C)CCN(C)C1CCCC(C)C1. The topological polar surface area (TPSA) is 15.3 Å². The molecular weight excluding hydrogens is 208 g/mol. The van der Waals surface area contributed by atoms with Gasteiger partial charge in [0, 0.05) is 12.1 Å². The summed E-state index contributed by atoms with van der Waals surface area (Å²) in [6.45, 7) is 9.36. The minimum Gasteiger partial charge on any atom is -0.314 e. The Morgan fingerprint density at radius 3 is 2.76 bits per heavy atom. The molecule has 3 unspecified atom stereocenters. The Morgan fingerprint density at radius 2 is 2.12 bits per heavy atom. The summed E-state index contributed by atoms with van der Waals surface area (Å²) in [7, 11) is 2.31. The summed E-state index contributed by atoms with van der Waals surface area (Å²) in [5.41, 5.74) is 0. The predicted octanol–water partition coefficient (Wildman–Crippen LogP) is 3.28. The lowest BCUT2D eigenvalue weighted by Gasteiger charge is -2.34. The number of nitrogens with one attached hydrogen (secondary N) is 1. The molecule has 0 aromatic carbocycles. The second kappa shape index (κ2) is 8.10. The quantitative estimate of drug-likeness (QED) is 0.735. The van der Waals surface area contributed by atoms with Gasteiger partial charge in [0.2, 0.25) is 0 Å². The van der Waals surface area contributed by atoms with Crippen LogP contribution in [0, 0.1) is 5.92 Å². The first-order valence-electron chi connectivity index (χ1n) is 7.57. The summed E-state index contributed by atoms with van der Waals surface area (Å²) in [6, 6.07) is 1.51. The standard InChI is InChI=1S/C15H32N2/c1-5-10-16-14(3)9-11-17(4)15-8-6-7-13(2)12-15/h13-16H,5-12H2,1-4H3. The predicted molar refractivity (Wildman–Crippen MR) is 76.4 cm³/mol. The van der Waals surface area contributed by atoms with Gasteiger partial charge in [-0.3, -0.25) is 0 Å². The van der Waals surface area contributed by atoms with Crippen molar-refractivity contribution in [2.24, 2.45) is 5.92 Å². The summed E-state index contributed by atoms with van der Waals surface area (Å²) in [5, 5.41) is 3.57. The van der Waals surface area contributed by atoms with Crippen molar-refractivity contribution >= 4 is 0 Å². The molecule has 17 heavy (non-hydrogen) atoms. The fraction of sp³-hybridized carbons (Fsp3) is 1.00. The van der Waals surface area contributed by atoms with Crippen LogP contribution in [-0.2, 0) is 0 Å². The molecule has 1 fully saturated rings. The summed E-state index contributed by atoms with van der Waals surface area (Å²) in [6.07, 6.45) is 8.21. The van der Waals surface area contributed by atoms with Crippen LogP contribution in [0.2, 0.25) is 0 Å². The molecule has 0 amide bonds. The van der Waals surface area contributed by atoms with Crippen LogP contribution in [0.25, 0.3) is 0 Å². The maximum Gasteiger partial charge on any atom is 0.00947 e. The van der Waals surface area contributed by atoms with Crippen LogP contribution in [0.4, 0.5) is 0 Å². The Balaban J connectivity index is 2.17. The van der Waals surface area contributed by atoms with Crippen LogP contribution in [0.1, 0.15) is 59.3 Å². The average molecular weight is 240 g/mol. The zero-order valence-corrected chi connectivity index (χ0v) is 12.3. The highest BCUT2D eigenvalue weighted by Gasteiger charge is 2.22. The van der Waals surface area contributed by atoms with Crippen molar-refractivity contribution in [3.05, 3.63) is 0 Å². The summed E-state index contributed by atoms with van der Waals surface area (Å²) < 4.78 is 0. The molecular formula is C15H32N2. The smallest absolute Gasteiger partial charge is 0.00947 e. The van der Waals surface area contributed by atoms with Crippen molar-refractivity contribution < 1.29 is 0 Å². The van der Waals surface area contributed by atoms with E-state index < -0.39 is 0 Å². The van der Waals surface area contributed by atoms with Crippen molar-refractivity contribution in [1.29, 1.82) is 0 Å². The molecule has 1 rings (SSSR count). The van der Waals surface area contributed by atoms with Crippen molar-refractivity contribution in [1.82, 2.24) is 10.2 Å². The van der Waals surface area contributed by atoms with E-state index in [1.54, 1.807) is 0 Å². The molecule has 1 aliphatic rings. The Labute approximate surface area is 108 Å². The molecule has 1 saturated carbocycles. The third-order valence-corrected chi connectivity index (χ3v) is 4.19. The van der Waals surface area contributed by atoms with Gasteiger partial charge in [0.15, 0.2) is 0 Å². The number of nitrogens with zero attached hydrogens (tertiary/aromatic N) is 1. The number of hydrogen-bond donors (Lipinski definition) is 1. The molecule has 2 nitrogen and oxygen atoms in total. The van der Waals surface area contributed by atoms with E-state index in [1.165, 1.54) is 45.1 Å². The van der Waals surface area contributed by atoms with E-state index in [0.717, 1.165) is 18.5 Å². The number of hydrogen-bond acceptors (Lipinski definition) is 2. The first-order chi connectivity index (χ1) is 8.13. The van der Waals surface area contributed by atoms with Gasteiger partial charge in [0.25, 0.3) is 0 Å². The van der Waals surface area contributed by atoms with Gasteiger partial charge in [-0.1, -0.05) is 26.7 Å². The van der Waals surface area contributed by atoms with E-state index in [0.29, 0.717) is 6.04 Å². The van der Waals surface area contributed by atoms with E-state index in [1.807, 2.05) is 0 Å². The van der Waals surface area contributed by atoms with Gasteiger partial charge in [0.1, 0.15) is 0 Å². The largest absolute Gasteiger partial charge is 0.314 e. The third-order valence-electron chi connectivity index (χ3n) is 4.19. The number of rotatable bonds is 7. The van der Waals surface area contributed by atoms with Crippen LogP contribution in [0.15, 0.2) is 0 Å². The van der Waals surface area contributed by atoms with Crippen LogP contribution in [0.3, 0.4) is 0 Å². The molecule has 0 aromatic heterocycles. The van der Waals surface area contributed by atoms with Crippen molar-refractivity contribution in [2.75, 3.05) is 20.1 Å². The highest BCUT2D eigenvalue weighted by atomic mass is 15.1. The molecule has 2 heteroatoms. The molecule has 0 radical (unpaired) electrons. The Hall–Kier alpha value is -0.0800. The van der Waals surface area contributed by atoms with Crippen molar-refractivity contribution in [3.63, 3.8) is 0 Å². The van der Waals surface area contributed by atoms with Crippen molar-refractivity contribution in [3.8, 4) is 0 Å². The van der Waals surface area contributed by atoms with Gasteiger partial charge >= 0.3 is 0 Å². The fourth-order valence-corrected chi connectivity index (χ4v) is 2.88. The normalized spacial score (nSPS) is 27.4. The fourth-order valence-electron chi connectivity index (χ4n) is 2.88. The molecule has 0 saturated heterocycles. The Kier molecular flexibility index (Phi) is 7.14. The zero-order valence-electron chi connectivity index (χ0n) is 12.3. The van der Waals surface area contributed by atoms with E-state index >= 15 is 0 Å². The van der Waals surface area contributed by atoms with Gasteiger partial charge in [-0.05, 0) is 58.7 Å². The van der Waals surface area contributed by atoms with Gasteiger partial charge in [-0.2, -0.15) is 0 Å². The monoisotopic (exact) mass is 240 g/mol.